The van der Waals surface area contributed by atoms with Crippen LogP contribution in [-0.4, -0.2) is 15.4 Å². The molecule has 2 heterocycles. The van der Waals surface area contributed by atoms with Crippen LogP contribution in [0.15, 0.2) is 82.6 Å². The topological polar surface area (TPSA) is 75.5 Å². The number of amides is 2. The molecule has 0 aliphatic heterocycles. The third-order valence-corrected chi connectivity index (χ3v) is 5.79. The lowest BCUT2D eigenvalue weighted by Gasteiger charge is -2.12. The lowest BCUT2D eigenvalue weighted by molar-refractivity contribution is 0.262. The zero-order chi connectivity index (χ0) is 21.8. The molecule has 4 rings (SSSR count). The minimum absolute atomic E-state index is 0.104. The zero-order valence-electron chi connectivity index (χ0n) is 17.3. The summed E-state index contributed by atoms with van der Waals surface area (Å²) in [5, 5.41) is 5.74. The van der Waals surface area contributed by atoms with E-state index in [0.29, 0.717) is 22.8 Å². The number of hydrogen-bond donors (Lipinski definition) is 2. The SMILES string of the molecule is Cc1ccc(NC(=O)Nc2ccccc2SCc2cc(=O)n3cc(C)ccc3n2)cc1. The van der Waals surface area contributed by atoms with Gasteiger partial charge >= 0.3 is 6.03 Å². The number of aryl methyl sites for hydroxylation is 2. The van der Waals surface area contributed by atoms with Crippen LogP contribution >= 0.6 is 11.8 Å². The quantitative estimate of drug-likeness (QED) is 0.424. The fourth-order valence-corrected chi connectivity index (χ4v) is 4.00. The largest absolute Gasteiger partial charge is 0.323 e. The summed E-state index contributed by atoms with van der Waals surface area (Å²) >= 11 is 1.52. The maximum absolute atomic E-state index is 12.4. The molecular weight excluding hydrogens is 408 g/mol. The van der Waals surface area contributed by atoms with E-state index in [1.807, 2.05) is 74.5 Å². The summed E-state index contributed by atoms with van der Waals surface area (Å²) in [5.41, 5.74) is 4.77. The van der Waals surface area contributed by atoms with Crippen molar-refractivity contribution in [3.63, 3.8) is 0 Å². The van der Waals surface area contributed by atoms with Crippen LogP contribution in [-0.2, 0) is 5.75 Å². The van der Waals surface area contributed by atoms with E-state index in [1.54, 1.807) is 16.7 Å². The summed E-state index contributed by atoms with van der Waals surface area (Å²) in [6.07, 6.45) is 1.79. The molecule has 2 aromatic heterocycles. The number of rotatable bonds is 5. The van der Waals surface area contributed by atoms with Gasteiger partial charge < -0.3 is 10.6 Å². The summed E-state index contributed by atoms with van der Waals surface area (Å²) < 4.78 is 1.55. The molecule has 0 aliphatic rings. The van der Waals surface area contributed by atoms with Gasteiger partial charge in [-0.1, -0.05) is 35.9 Å². The Morgan fingerprint density at radius 1 is 0.968 bits per heavy atom. The fraction of sp³-hybridized carbons (Fsp3) is 0.125. The van der Waals surface area contributed by atoms with Crippen molar-refractivity contribution in [3.8, 4) is 0 Å². The van der Waals surface area contributed by atoms with Crippen LogP contribution in [0.5, 0.6) is 0 Å². The summed E-state index contributed by atoms with van der Waals surface area (Å²) in [6, 6.07) is 20.2. The maximum Gasteiger partial charge on any atom is 0.323 e. The number of nitrogens with zero attached hydrogens (tertiary/aromatic N) is 2. The van der Waals surface area contributed by atoms with Crippen LogP contribution in [0.25, 0.3) is 5.65 Å². The van der Waals surface area contributed by atoms with Gasteiger partial charge in [-0.2, -0.15) is 0 Å². The summed E-state index contributed by atoms with van der Waals surface area (Å²) in [5.74, 6) is 0.512. The van der Waals surface area contributed by atoms with E-state index in [0.717, 1.165) is 21.7 Å². The number of aromatic nitrogens is 2. The molecule has 31 heavy (non-hydrogen) atoms. The molecule has 4 aromatic rings. The highest BCUT2D eigenvalue weighted by atomic mass is 32.2. The number of benzene rings is 2. The second-order valence-electron chi connectivity index (χ2n) is 7.25. The van der Waals surface area contributed by atoms with Crippen molar-refractivity contribution in [3.05, 3.63) is 100 Å². The van der Waals surface area contributed by atoms with Gasteiger partial charge in [0.15, 0.2) is 0 Å². The van der Waals surface area contributed by atoms with Gasteiger partial charge in [0, 0.05) is 28.6 Å². The number of thioether (sulfide) groups is 1. The van der Waals surface area contributed by atoms with Gasteiger partial charge in [-0.25, -0.2) is 9.78 Å². The minimum Gasteiger partial charge on any atom is -0.308 e. The van der Waals surface area contributed by atoms with Crippen LogP contribution < -0.4 is 16.2 Å². The molecule has 0 spiro atoms. The summed E-state index contributed by atoms with van der Waals surface area (Å²) in [7, 11) is 0. The van der Waals surface area contributed by atoms with E-state index in [-0.39, 0.29) is 11.6 Å². The summed E-state index contributed by atoms with van der Waals surface area (Å²) in [6.45, 7) is 3.94. The highest BCUT2D eigenvalue weighted by Gasteiger charge is 2.09. The Kier molecular flexibility index (Phi) is 6.04. The molecule has 156 valence electrons. The Bertz CT molecular complexity index is 1300. The first-order valence-electron chi connectivity index (χ1n) is 9.83. The fourth-order valence-electron chi connectivity index (χ4n) is 3.10. The van der Waals surface area contributed by atoms with Gasteiger partial charge in [-0.05, 0) is 49.7 Å². The van der Waals surface area contributed by atoms with Crippen molar-refractivity contribution in [2.24, 2.45) is 0 Å². The molecule has 6 nitrogen and oxygen atoms in total. The third kappa shape index (κ3) is 5.13. The Balaban J connectivity index is 1.47. The predicted octanol–water partition coefficient (Wildman–Crippen LogP) is 5.25. The van der Waals surface area contributed by atoms with Crippen molar-refractivity contribution >= 4 is 34.8 Å². The lowest BCUT2D eigenvalue weighted by Crippen LogP contribution is -2.19. The summed E-state index contributed by atoms with van der Waals surface area (Å²) in [4.78, 5) is 30.3. The second-order valence-corrected chi connectivity index (χ2v) is 8.27. The Morgan fingerprint density at radius 2 is 1.71 bits per heavy atom. The first kappa shape index (κ1) is 20.7. The van der Waals surface area contributed by atoms with Crippen LogP contribution in [0.1, 0.15) is 16.8 Å². The second kappa shape index (κ2) is 9.06. The predicted molar refractivity (Wildman–Crippen MR) is 126 cm³/mol. The van der Waals surface area contributed by atoms with Gasteiger partial charge in [0.05, 0.1) is 11.4 Å². The van der Waals surface area contributed by atoms with Crippen LogP contribution in [0, 0.1) is 13.8 Å². The van der Waals surface area contributed by atoms with Gasteiger partial charge in [0.1, 0.15) is 5.65 Å². The number of fused-ring (bicyclic) bond motifs is 1. The first-order valence-corrected chi connectivity index (χ1v) is 10.8. The van der Waals surface area contributed by atoms with E-state index < -0.39 is 0 Å². The molecule has 7 heteroatoms. The molecule has 0 bridgehead atoms. The zero-order valence-corrected chi connectivity index (χ0v) is 18.1. The number of anilines is 2. The highest BCUT2D eigenvalue weighted by Crippen LogP contribution is 2.29. The molecule has 2 N–H and O–H groups in total. The van der Waals surface area contributed by atoms with Crippen molar-refractivity contribution in [2.75, 3.05) is 10.6 Å². The van der Waals surface area contributed by atoms with E-state index in [4.69, 9.17) is 0 Å². The van der Waals surface area contributed by atoms with Gasteiger partial charge in [-0.3, -0.25) is 9.20 Å². The molecule has 0 aliphatic carbocycles. The molecule has 0 unspecified atom stereocenters. The Morgan fingerprint density at radius 3 is 2.52 bits per heavy atom. The Labute approximate surface area is 184 Å². The highest BCUT2D eigenvalue weighted by molar-refractivity contribution is 7.98. The van der Waals surface area contributed by atoms with Crippen molar-refractivity contribution in [2.45, 2.75) is 24.5 Å². The number of hydrogen-bond acceptors (Lipinski definition) is 4. The monoisotopic (exact) mass is 430 g/mol. The number of carbonyl (C=O) groups is 1. The van der Waals surface area contributed by atoms with Gasteiger partial charge in [0.25, 0.3) is 5.56 Å². The van der Waals surface area contributed by atoms with Crippen LogP contribution in [0.4, 0.5) is 16.2 Å². The number of para-hydroxylation sites is 1. The number of carbonyl (C=O) groups excluding carboxylic acids is 1. The number of nitrogens with one attached hydrogen (secondary N) is 2. The normalized spacial score (nSPS) is 10.8. The minimum atomic E-state index is -0.311. The smallest absolute Gasteiger partial charge is 0.308 e. The lowest BCUT2D eigenvalue weighted by atomic mass is 10.2. The van der Waals surface area contributed by atoms with Gasteiger partial charge in [-0.15, -0.1) is 11.8 Å². The average Bonchev–Trinajstić information content (AvgIpc) is 2.75. The molecule has 2 aromatic carbocycles. The van der Waals surface area contributed by atoms with Crippen molar-refractivity contribution in [1.82, 2.24) is 9.38 Å². The molecule has 0 fully saturated rings. The van der Waals surface area contributed by atoms with Crippen molar-refractivity contribution in [1.29, 1.82) is 0 Å². The van der Waals surface area contributed by atoms with E-state index in [1.165, 1.54) is 11.8 Å². The first-order chi connectivity index (χ1) is 15.0. The number of pyridine rings is 1. The standard InChI is InChI=1S/C24H22N4O2S/c1-16-7-10-18(11-8-16)26-24(30)27-20-5-3-4-6-21(20)31-15-19-13-23(29)28-14-17(2)9-12-22(28)25-19/h3-14H,15H2,1-2H3,(H2,26,27,30). The molecule has 0 radical (unpaired) electrons. The van der Waals surface area contributed by atoms with E-state index in [2.05, 4.69) is 15.6 Å². The Hall–Kier alpha value is -3.58. The molecule has 0 atom stereocenters. The van der Waals surface area contributed by atoms with Gasteiger partial charge in [0.2, 0.25) is 0 Å². The average molecular weight is 431 g/mol. The molecule has 0 saturated heterocycles. The maximum atomic E-state index is 12.4. The van der Waals surface area contributed by atoms with Crippen LogP contribution in [0.3, 0.4) is 0 Å². The number of urea groups is 1. The van der Waals surface area contributed by atoms with Crippen molar-refractivity contribution < 1.29 is 4.79 Å². The van der Waals surface area contributed by atoms with E-state index >= 15 is 0 Å². The molecule has 2 amide bonds. The van der Waals surface area contributed by atoms with E-state index in [9.17, 15) is 9.59 Å². The molecular formula is C24H22N4O2S. The molecule has 0 saturated carbocycles. The van der Waals surface area contributed by atoms with Crippen LogP contribution in [0.2, 0.25) is 0 Å². The third-order valence-electron chi connectivity index (χ3n) is 4.68.